The van der Waals surface area contributed by atoms with E-state index >= 15 is 0 Å². The van der Waals surface area contributed by atoms with Gasteiger partial charge in [0.2, 0.25) is 11.8 Å². The Kier molecular flexibility index (Phi) is 11.1. The van der Waals surface area contributed by atoms with Crippen LogP contribution in [0.3, 0.4) is 0 Å². The molecule has 3 aliphatic heterocycles. The average molecular weight is 779 g/mol. The van der Waals surface area contributed by atoms with Gasteiger partial charge < -0.3 is 29.9 Å². The third-order valence-corrected chi connectivity index (χ3v) is 12.1. The van der Waals surface area contributed by atoms with Gasteiger partial charge in [-0.05, 0) is 76.1 Å². The Hall–Kier alpha value is -5.79. The molecule has 0 unspecified atom stereocenters. The lowest BCUT2D eigenvalue weighted by molar-refractivity contribution is -0.153. The Morgan fingerprint density at radius 3 is 2.33 bits per heavy atom. The maximum atomic E-state index is 13.7. The number of hydrogen-bond donors (Lipinski definition) is 2. The van der Waals surface area contributed by atoms with E-state index in [1.54, 1.807) is 32.4 Å². The van der Waals surface area contributed by atoms with Gasteiger partial charge in [0.25, 0.3) is 11.8 Å². The predicted molar refractivity (Wildman–Crippen MR) is 213 cm³/mol. The summed E-state index contributed by atoms with van der Waals surface area (Å²) in [5, 5.41) is 6.37. The number of nitrogens with zero attached hydrogens (tertiary/aromatic N) is 4. The fraction of sp³-hybridized carbons (Fsp3) is 0.465. The number of methoxy groups -OCH3 is 2. The summed E-state index contributed by atoms with van der Waals surface area (Å²) in [4.78, 5) is 87.5. The zero-order chi connectivity index (χ0) is 40.6. The first kappa shape index (κ1) is 39.4. The Morgan fingerprint density at radius 1 is 0.982 bits per heavy atom. The van der Waals surface area contributed by atoms with E-state index in [2.05, 4.69) is 22.2 Å². The number of carbonyl (C=O) groups is 6. The van der Waals surface area contributed by atoms with Gasteiger partial charge in [0, 0.05) is 74.5 Å². The Labute approximate surface area is 332 Å². The summed E-state index contributed by atoms with van der Waals surface area (Å²) >= 11 is 0. The number of fused-ring (bicyclic) bond motifs is 3. The number of imide groups is 1. The van der Waals surface area contributed by atoms with E-state index in [0.717, 1.165) is 33.1 Å². The van der Waals surface area contributed by atoms with Gasteiger partial charge in [-0.25, -0.2) is 4.99 Å². The van der Waals surface area contributed by atoms with Crippen molar-refractivity contribution in [2.75, 3.05) is 46.2 Å². The fourth-order valence-corrected chi connectivity index (χ4v) is 8.72. The molecule has 2 aromatic rings. The molecule has 4 amide bonds. The SMILES string of the molecule is C=C1C(C)=NC(c2cc(OC)c(CCCC(=O)NCCCC(=O)N3CCC(Nc4cccc5c4C(=O)N(C46CC(C4)C(=O)CC6=O)C5=O)CC3)c(OC)c2)=CN1C. The highest BCUT2D eigenvalue weighted by Gasteiger charge is 2.64. The summed E-state index contributed by atoms with van der Waals surface area (Å²) in [7, 11) is 5.15. The molecule has 0 radical (unpaired) electrons. The normalized spacial score (nSPS) is 21.9. The highest BCUT2D eigenvalue weighted by atomic mass is 16.5. The minimum atomic E-state index is -1.22. The number of hydrogen-bond acceptors (Lipinski definition) is 11. The zero-order valence-corrected chi connectivity index (χ0v) is 33.1. The molecular formula is C43H50N6O8. The number of nitrogens with one attached hydrogen (secondary N) is 2. The highest BCUT2D eigenvalue weighted by Crippen LogP contribution is 2.51. The first-order chi connectivity index (χ1) is 27.3. The number of anilines is 1. The number of allylic oxidation sites excluding steroid dienone is 1. The van der Waals surface area contributed by atoms with Crippen molar-refractivity contribution in [3.8, 4) is 11.5 Å². The predicted octanol–water partition coefficient (Wildman–Crippen LogP) is 4.53. The van der Waals surface area contributed by atoms with Crippen LogP contribution in [0, 0.1) is 5.92 Å². The second-order valence-corrected chi connectivity index (χ2v) is 15.6. The van der Waals surface area contributed by atoms with Gasteiger partial charge in [-0.3, -0.25) is 33.7 Å². The molecule has 1 saturated heterocycles. The molecule has 2 aromatic carbocycles. The molecule has 57 heavy (non-hydrogen) atoms. The number of amides is 4. The Balaban J connectivity index is 0.835. The minimum absolute atomic E-state index is 0.0227. The van der Waals surface area contributed by atoms with Crippen LogP contribution in [0.4, 0.5) is 5.69 Å². The lowest BCUT2D eigenvalue weighted by Gasteiger charge is -2.53. The van der Waals surface area contributed by atoms with Crippen LogP contribution in [-0.4, -0.2) is 108 Å². The Bertz CT molecular complexity index is 2080. The molecule has 0 aromatic heterocycles. The van der Waals surface area contributed by atoms with E-state index in [0.29, 0.717) is 81.8 Å². The molecule has 2 bridgehead atoms. The minimum Gasteiger partial charge on any atom is -0.496 e. The molecule has 300 valence electrons. The van der Waals surface area contributed by atoms with Crippen molar-refractivity contribution in [3.05, 3.63) is 71.1 Å². The number of carbonyl (C=O) groups excluding carboxylic acids is 6. The monoisotopic (exact) mass is 778 g/mol. The van der Waals surface area contributed by atoms with Crippen LogP contribution in [0.2, 0.25) is 0 Å². The summed E-state index contributed by atoms with van der Waals surface area (Å²) in [6, 6.07) is 8.93. The third-order valence-electron chi connectivity index (χ3n) is 12.1. The van der Waals surface area contributed by atoms with E-state index in [1.165, 1.54) is 0 Å². The summed E-state index contributed by atoms with van der Waals surface area (Å²) in [5.41, 5.74) is 4.01. The summed E-state index contributed by atoms with van der Waals surface area (Å²) in [6.07, 6.45) is 5.73. The maximum Gasteiger partial charge on any atom is 0.264 e. The first-order valence-electron chi connectivity index (χ1n) is 19.7. The van der Waals surface area contributed by atoms with Gasteiger partial charge >= 0.3 is 0 Å². The van der Waals surface area contributed by atoms with Gasteiger partial charge in [-0.15, -0.1) is 0 Å². The molecule has 0 atom stereocenters. The molecule has 3 saturated carbocycles. The number of aliphatic imine (C=N–C) groups is 1. The van der Waals surface area contributed by atoms with Crippen LogP contribution >= 0.6 is 0 Å². The van der Waals surface area contributed by atoms with Crippen molar-refractivity contribution < 1.29 is 38.2 Å². The Morgan fingerprint density at radius 2 is 1.68 bits per heavy atom. The third kappa shape index (κ3) is 7.44. The van der Waals surface area contributed by atoms with Crippen molar-refractivity contribution in [2.24, 2.45) is 10.9 Å². The number of benzene rings is 2. The summed E-state index contributed by atoms with van der Waals surface area (Å²) in [6.45, 7) is 7.43. The van der Waals surface area contributed by atoms with E-state index in [9.17, 15) is 28.8 Å². The molecular weight excluding hydrogens is 729 g/mol. The van der Waals surface area contributed by atoms with Crippen molar-refractivity contribution in [1.29, 1.82) is 0 Å². The van der Waals surface area contributed by atoms with Crippen LogP contribution in [0.5, 0.6) is 11.5 Å². The van der Waals surface area contributed by atoms with Crippen LogP contribution in [-0.2, 0) is 25.6 Å². The lowest BCUT2D eigenvalue weighted by atomic mass is 9.57. The van der Waals surface area contributed by atoms with Crippen molar-refractivity contribution in [3.63, 3.8) is 0 Å². The van der Waals surface area contributed by atoms with E-state index < -0.39 is 17.4 Å². The average Bonchev–Trinajstić information content (AvgIpc) is 3.44. The van der Waals surface area contributed by atoms with Crippen LogP contribution < -0.4 is 20.1 Å². The highest BCUT2D eigenvalue weighted by molar-refractivity contribution is 6.27. The van der Waals surface area contributed by atoms with Crippen molar-refractivity contribution >= 4 is 52.3 Å². The van der Waals surface area contributed by atoms with E-state index in [1.807, 2.05) is 42.1 Å². The number of ether oxygens (including phenoxy) is 2. The van der Waals surface area contributed by atoms with E-state index in [-0.39, 0.29) is 65.7 Å². The zero-order valence-electron chi connectivity index (χ0n) is 33.1. The van der Waals surface area contributed by atoms with Gasteiger partial charge in [0.1, 0.15) is 22.8 Å². The fourth-order valence-electron chi connectivity index (χ4n) is 8.72. The molecule has 14 nitrogen and oxygen atoms in total. The van der Waals surface area contributed by atoms with Gasteiger partial charge in [-0.1, -0.05) is 12.6 Å². The van der Waals surface area contributed by atoms with Crippen molar-refractivity contribution in [2.45, 2.75) is 82.7 Å². The number of likely N-dealkylation sites (tertiary alicyclic amines) is 1. The van der Waals surface area contributed by atoms with Crippen molar-refractivity contribution in [1.82, 2.24) is 20.0 Å². The lowest BCUT2D eigenvalue weighted by Crippen LogP contribution is -2.68. The second kappa shape index (κ2) is 16.0. The molecule has 2 N–H and O–H groups in total. The molecule has 3 aliphatic carbocycles. The first-order valence-corrected chi connectivity index (χ1v) is 19.7. The van der Waals surface area contributed by atoms with E-state index in [4.69, 9.17) is 9.47 Å². The van der Waals surface area contributed by atoms with Gasteiger partial charge in [0.05, 0.1) is 48.9 Å². The number of rotatable bonds is 14. The summed E-state index contributed by atoms with van der Waals surface area (Å²) < 4.78 is 11.4. The number of Topliss-reactive ketones (excluding diaryl/α,β-unsaturated/α-hetero) is 2. The summed E-state index contributed by atoms with van der Waals surface area (Å²) in [5.74, 6) is -0.450. The smallest absolute Gasteiger partial charge is 0.264 e. The molecule has 0 spiro atoms. The topological polar surface area (TPSA) is 167 Å². The van der Waals surface area contributed by atoms with Gasteiger partial charge in [0.15, 0.2) is 5.78 Å². The second-order valence-electron chi connectivity index (χ2n) is 15.6. The maximum absolute atomic E-state index is 13.7. The standard InChI is InChI=1S/C43H50N6O8/c1-25-26(2)47(3)24-33(45-25)27-19-35(56-4)30(36(20-27)57-5)9-7-12-38(52)44-16-8-13-39(53)48-17-14-29(15-18-48)46-32-11-6-10-31-40(32)42(55)49(41(31)54)43-22-28(23-43)34(50)21-37(43)51/h6,10-11,19-20,24,28-29,46H,2,7-9,12-18,21-23H2,1,3-5H3,(H,44,52). The molecule has 4 fully saturated rings. The number of piperidine rings is 1. The molecule has 6 aliphatic rings. The molecule has 14 heteroatoms. The number of ketones is 2. The largest absolute Gasteiger partial charge is 0.496 e. The van der Waals surface area contributed by atoms with Crippen LogP contribution in [0.25, 0.3) is 5.70 Å². The quantitative estimate of drug-likeness (QED) is 0.158. The van der Waals surface area contributed by atoms with Crippen LogP contribution in [0.1, 0.15) is 96.6 Å². The molecule has 8 rings (SSSR count). The van der Waals surface area contributed by atoms with Crippen LogP contribution in [0.15, 0.2) is 53.8 Å². The molecule has 3 heterocycles. The van der Waals surface area contributed by atoms with Gasteiger partial charge in [-0.2, -0.15) is 0 Å².